The van der Waals surface area contributed by atoms with E-state index < -0.39 is 17.3 Å². The van der Waals surface area contributed by atoms with E-state index >= 15 is 0 Å². The summed E-state index contributed by atoms with van der Waals surface area (Å²) >= 11 is 1.04. The summed E-state index contributed by atoms with van der Waals surface area (Å²) < 4.78 is 14.1. The fourth-order valence-electron chi connectivity index (χ4n) is 3.51. The molecule has 0 spiro atoms. The first-order valence-corrected chi connectivity index (χ1v) is 10.8. The molecule has 8 nitrogen and oxygen atoms in total. The first-order chi connectivity index (χ1) is 14.8. The number of nitrogens with zero attached hydrogens (tertiary/aromatic N) is 3. The number of amidine groups is 1. The quantitative estimate of drug-likeness (QED) is 0.421. The minimum atomic E-state index is -0.735. The van der Waals surface area contributed by atoms with E-state index in [1.165, 1.54) is 12.3 Å². The predicted octanol–water partition coefficient (Wildman–Crippen LogP) is 2.33. The first kappa shape index (κ1) is 22.7. The summed E-state index contributed by atoms with van der Waals surface area (Å²) in [4.78, 5) is 23.4. The van der Waals surface area contributed by atoms with Crippen LogP contribution in [0.3, 0.4) is 0 Å². The number of aliphatic hydroxyl groups is 1. The molecule has 0 saturated carbocycles. The van der Waals surface area contributed by atoms with Gasteiger partial charge in [-0.05, 0) is 38.3 Å². The molecule has 1 saturated heterocycles. The zero-order valence-electron chi connectivity index (χ0n) is 17.6. The number of anilines is 1. The molecule has 2 heterocycles. The van der Waals surface area contributed by atoms with Crippen molar-refractivity contribution in [2.24, 2.45) is 10.7 Å². The Bertz CT molecular complexity index is 1020. The maximum absolute atomic E-state index is 14.1. The Labute approximate surface area is 184 Å². The average Bonchev–Trinajstić information content (AvgIpc) is 3.03. The highest BCUT2D eigenvalue weighted by Gasteiger charge is 2.28. The molecule has 1 atom stereocenters. The number of amides is 1. The molecule has 0 radical (unpaired) electrons. The molecule has 6 N–H and O–H groups in total. The predicted molar refractivity (Wildman–Crippen MR) is 121 cm³/mol. The van der Waals surface area contributed by atoms with E-state index in [4.69, 9.17) is 11.5 Å². The van der Waals surface area contributed by atoms with Gasteiger partial charge in [0.15, 0.2) is 5.69 Å². The highest BCUT2D eigenvalue weighted by molar-refractivity contribution is 7.19. The first-order valence-electron chi connectivity index (χ1n) is 9.94. The second-order valence-corrected chi connectivity index (χ2v) is 8.66. The number of hydrogen-bond acceptors (Lipinski definition) is 7. The number of nitrogens with two attached hydrogens (primary N) is 2. The van der Waals surface area contributed by atoms with Crippen LogP contribution in [0.4, 0.5) is 9.39 Å². The van der Waals surface area contributed by atoms with Gasteiger partial charge in [0, 0.05) is 31.9 Å². The van der Waals surface area contributed by atoms with Gasteiger partial charge in [-0.2, -0.15) is 0 Å². The number of rotatable bonds is 4. The van der Waals surface area contributed by atoms with Gasteiger partial charge in [-0.25, -0.2) is 9.37 Å². The Kier molecular flexibility index (Phi) is 6.91. The maximum Gasteiger partial charge on any atom is 0.277 e. The minimum absolute atomic E-state index is 0.00291. The smallest absolute Gasteiger partial charge is 0.277 e. The van der Waals surface area contributed by atoms with Gasteiger partial charge in [-0.1, -0.05) is 23.5 Å². The van der Waals surface area contributed by atoms with Crippen LogP contribution in [0.1, 0.15) is 36.7 Å². The molecule has 1 fully saturated rings. The van der Waals surface area contributed by atoms with E-state index in [0.29, 0.717) is 42.5 Å². The van der Waals surface area contributed by atoms with Crippen molar-refractivity contribution in [2.45, 2.75) is 31.8 Å². The molecule has 1 aliphatic heterocycles. The van der Waals surface area contributed by atoms with Crippen molar-refractivity contribution in [2.75, 3.05) is 25.9 Å². The van der Waals surface area contributed by atoms with Crippen molar-refractivity contribution in [1.82, 2.24) is 15.2 Å². The van der Waals surface area contributed by atoms with Gasteiger partial charge in [-0.15, -0.1) is 0 Å². The maximum atomic E-state index is 14.1. The number of carbonyl (C=O) groups excluding carboxylic acids is 1. The van der Waals surface area contributed by atoms with Gasteiger partial charge in [0.1, 0.15) is 21.7 Å². The lowest BCUT2D eigenvalue weighted by Gasteiger charge is -2.26. The van der Waals surface area contributed by atoms with Crippen LogP contribution in [0.5, 0.6) is 0 Å². The Morgan fingerprint density at radius 3 is 2.81 bits per heavy atom. The lowest BCUT2D eigenvalue weighted by molar-refractivity contribution is 0.0462. The number of aromatic nitrogens is 1. The number of aliphatic imine (C=N–C) groups is 1. The molecule has 1 aromatic heterocycles. The van der Waals surface area contributed by atoms with Crippen molar-refractivity contribution in [3.63, 3.8) is 0 Å². The zero-order valence-corrected chi connectivity index (χ0v) is 18.4. The van der Waals surface area contributed by atoms with Crippen LogP contribution in [-0.4, -0.2) is 52.5 Å². The normalized spacial score (nSPS) is 20.5. The monoisotopic (exact) mass is 446 g/mol. The summed E-state index contributed by atoms with van der Waals surface area (Å²) in [6.45, 7) is 3.06. The van der Waals surface area contributed by atoms with Crippen molar-refractivity contribution in [3.05, 3.63) is 47.7 Å². The molecule has 0 bridgehead atoms. The molecule has 0 aliphatic carbocycles. The van der Waals surface area contributed by atoms with Gasteiger partial charge >= 0.3 is 0 Å². The van der Waals surface area contributed by atoms with Crippen LogP contribution in [0.2, 0.25) is 0 Å². The second kappa shape index (κ2) is 9.44. The van der Waals surface area contributed by atoms with Gasteiger partial charge in [-0.3, -0.25) is 9.79 Å². The van der Waals surface area contributed by atoms with E-state index in [1.807, 2.05) is 11.8 Å². The fourth-order valence-corrected chi connectivity index (χ4v) is 4.36. The van der Waals surface area contributed by atoms with Crippen molar-refractivity contribution >= 4 is 28.1 Å². The fraction of sp³-hybridized carbons (Fsp3) is 0.381. The molecular weight excluding hydrogens is 419 g/mol. The number of likely N-dealkylation sites (tertiary alicyclic amines) is 1. The Balaban J connectivity index is 1.79. The van der Waals surface area contributed by atoms with Gasteiger partial charge < -0.3 is 26.8 Å². The molecule has 1 amide bonds. The molecule has 1 aromatic carbocycles. The summed E-state index contributed by atoms with van der Waals surface area (Å²) in [6, 6.07) is 6.17. The molecule has 166 valence electrons. The molecule has 31 heavy (non-hydrogen) atoms. The lowest BCUT2D eigenvalue weighted by Crippen LogP contribution is -2.40. The van der Waals surface area contributed by atoms with Crippen LogP contribution in [0.25, 0.3) is 10.6 Å². The molecule has 1 aliphatic rings. The molecule has 2 aromatic rings. The summed E-state index contributed by atoms with van der Waals surface area (Å²) in [5, 5.41) is 13.6. The number of benzene rings is 1. The lowest BCUT2D eigenvalue weighted by atomic mass is 9.98. The van der Waals surface area contributed by atoms with E-state index in [1.54, 1.807) is 25.2 Å². The summed E-state index contributed by atoms with van der Waals surface area (Å²) in [5.41, 5.74) is 11.7. The van der Waals surface area contributed by atoms with E-state index in [9.17, 15) is 14.3 Å². The largest absolute Gasteiger partial charge is 0.403 e. The van der Waals surface area contributed by atoms with Crippen molar-refractivity contribution in [3.8, 4) is 10.6 Å². The summed E-state index contributed by atoms with van der Waals surface area (Å²) in [5.74, 6) is -0.490. The Hall–Kier alpha value is -2.98. The molecule has 0 unspecified atom stereocenters. The van der Waals surface area contributed by atoms with E-state index in [-0.39, 0.29) is 16.3 Å². The molecular formula is C21H27FN6O2S. The summed E-state index contributed by atoms with van der Waals surface area (Å²) in [6.07, 6.45) is 3.30. The third-order valence-corrected chi connectivity index (χ3v) is 6.12. The molecule has 3 rings (SSSR count). The number of carbonyl (C=O) groups is 1. The van der Waals surface area contributed by atoms with Crippen molar-refractivity contribution in [1.29, 1.82) is 0 Å². The van der Waals surface area contributed by atoms with Crippen LogP contribution in [-0.2, 0) is 0 Å². The Morgan fingerprint density at radius 2 is 2.13 bits per heavy atom. The molecule has 10 heteroatoms. The van der Waals surface area contributed by atoms with E-state index in [0.717, 1.165) is 17.8 Å². The third kappa shape index (κ3) is 5.20. The van der Waals surface area contributed by atoms with E-state index in [2.05, 4.69) is 15.3 Å². The topological polar surface area (TPSA) is 130 Å². The standard InChI is InChI=1S/C21H27FN6O2S/c1-21(30)8-5-10-28(11-9-21)18(25-2)15(12-23)26-19(29)16-17(24)31-20(27-16)13-6-3-4-7-14(13)22/h3-4,6-7,12,30H,5,8-11,23-24H2,1-2H3,(H,26,29)/b15-12+,25-18?/t21-/m0/s1. The second-order valence-electron chi connectivity index (χ2n) is 7.63. The van der Waals surface area contributed by atoms with Crippen LogP contribution in [0.15, 0.2) is 41.2 Å². The van der Waals surface area contributed by atoms with Gasteiger partial charge in [0.2, 0.25) is 0 Å². The minimum Gasteiger partial charge on any atom is -0.403 e. The average molecular weight is 447 g/mol. The summed E-state index contributed by atoms with van der Waals surface area (Å²) in [7, 11) is 1.61. The number of nitrogens with one attached hydrogen (secondary N) is 1. The zero-order chi connectivity index (χ0) is 22.6. The van der Waals surface area contributed by atoms with Gasteiger partial charge in [0.05, 0.1) is 11.3 Å². The van der Waals surface area contributed by atoms with Crippen LogP contribution in [0, 0.1) is 5.82 Å². The SMILES string of the molecule is CN=C(/C(=C\N)NC(=O)c1nc(-c2ccccc2F)sc1N)N1CCC[C@](C)(O)CC1. The third-order valence-electron chi connectivity index (χ3n) is 5.20. The number of halogens is 1. The van der Waals surface area contributed by atoms with Crippen molar-refractivity contribution < 1.29 is 14.3 Å². The number of nitrogen functional groups attached to an aromatic ring is 1. The van der Waals surface area contributed by atoms with Crippen LogP contribution < -0.4 is 16.8 Å². The van der Waals surface area contributed by atoms with Gasteiger partial charge in [0.25, 0.3) is 5.91 Å². The highest BCUT2D eigenvalue weighted by Crippen LogP contribution is 2.31. The highest BCUT2D eigenvalue weighted by atomic mass is 32.1. The number of hydrogen-bond donors (Lipinski definition) is 4. The Morgan fingerprint density at radius 1 is 1.39 bits per heavy atom. The number of thiazole rings is 1. The van der Waals surface area contributed by atoms with Crippen LogP contribution >= 0.6 is 11.3 Å².